The summed E-state index contributed by atoms with van der Waals surface area (Å²) in [5.41, 5.74) is 4.37. The minimum Gasteiger partial charge on any atom is -0.486 e. The first-order valence-corrected chi connectivity index (χ1v) is 5.88. The number of aromatic nitrogens is 1. The summed E-state index contributed by atoms with van der Waals surface area (Å²) in [5, 5.41) is 0.600. The molecule has 0 unspecified atom stereocenters. The average molecular weight is 264 g/mol. The van der Waals surface area contributed by atoms with E-state index in [1.165, 1.54) is 0 Å². The first-order chi connectivity index (χ1) is 8.69. The van der Waals surface area contributed by atoms with Gasteiger partial charge in [-0.15, -0.1) is 0 Å². The van der Waals surface area contributed by atoms with Gasteiger partial charge < -0.3 is 10.2 Å². The lowest BCUT2D eigenvalue weighted by atomic mass is 10.2. The lowest BCUT2D eigenvalue weighted by Crippen LogP contribution is -2.09. The summed E-state index contributed by atoms with van der Waals surface area (Å²) in [5.74, 6) is 6.54. The number of nitrogens with zero attached hydrogens (tertiary/aromatic N) is 1. The van der Waals surface area contributed by atoms with Gasteiger partial charge in [0.25, 0.3) is 0 Å². The molecule has 1 aromatic heterocycles. The molecule has 0 saturated heterocycles. The molecule has 0 spiro atoms. The summed E-state index contributed by atoms with van der Waals surface area (Å²) in [6.45, 7) is 2.33. The third-order valence-electron chi connectivity index (χ3n) is 2.42. The molecule has 0 amide bonds. The zero-order valence-electron chi connectivity index (χ0n) is 9.98. The second-order valence-electron chi connectivity index (χ2n) is 3.88. The molecule has 3 N–H and O–H groups in total. The quantitative estimate of drug-likeness (QED) is 0.658. The van der Waals surface area contributed by atoms with Crippen LogP contribution >= 0.6 is 11.6 Å². The Morgan fingerprint density at radius 1 is 1.33 bits per heavy atom. The molecule has 0 bridgehead atoms. The lowest BCUT2D eigenvalue weighted by molar-refractivity contribution is 0.301. The Morgan fingerprint density at radius 3 is 2.89 bits per heavy atom. The van der Waals surface area contributed by atoms with Gasteiger partial charge in [-0.25, -0.2) is 10.8 Å². The van der Waals surface area contributed by atoms with E-state index in [2.05, 4.69) is 10.4 Å². The van der Waals surface area contributed by atoms with Crippen LogP contribution < -0.4 is 16.0 Å². The molecular formula is C13H14ClN3O. The number of pyridine rings is 1. The summed E-state index contributed by atoms with van der Waals surface area (Å²) < 4.78 is 5.61. The molecule has 18 heavy (non-hydrogen) atoms. The van der Waals surface area contributed by atoms with Crippen LogP contribution in [-0.2, 0) is 6.61 Å². The van der Waals surface area contributed by atoms with Crippen LogP contribution in [0.25, 0.3) is 0 Å². The van der Waals surface area contributed by atoms with Crippen LogP contribution in [0, 0.1) is 6.92 Å². The maximum Gasteiger partial charge on any atom is 0.140 e. The number of ether oxygens (including phenoxy) is 1. The molecule has 0 fully saturated rings. The number of rotatable bonds is 4. The topological polar surface area (TPSA) is 60.2 Å². The second kappa shape index (κ2) is 5.71. The van der Waals surface area contributed by atoms with E-state index < -0.39 is 0 Å². The summed E-state index contributed by atoms with van der Waals surface area (Å²) in [4.78, 5) is 4.25. The number of nitrogen functional groups attached to an aromatic ring is 1. The standard InChI is InChI=1S/C13H14ClN3O/c1-9-5-6-12(11(14)7-9)18-8-10-3-2-4-13(16-10)17-15/h2-7H,8,15H2,1H3,(H,16,17). The number of nitrogens with one attached hydrogen (secondary N) is 1. The summed E-state index contributed by atoms with van der Waals surface area (Å²) in [7, 11) is 0. The van der Waals surface area contributed by atoms with Gasteiger partial charge in [-0.05, 0) is 36.8 Å². The van der Waals surface area contributed by atoms with E-state index in [4.69, 9.17) is 22.2 Å². The number of hydrogen-bond acceptors (Lipinski definition) is 4. The summed E-state index contributed by atoms with van der Waals surface area (Å²) >= 11 is 6.08. The second-order valence-corrected chi connectivity index (χ2v) is 4.29. The van der Waals surface area contributed by atoms with Crippen molar-refractivity contribution in [2.24, 2.45) is 5.84 Å². The van der Waals surface area contributed by atoms with E-state index in [0.29, 0.717) is 23.2 Å². The number of hydrogen-bond donors (Lipinski definition) is 2. The lowest BCUT2D eigenvalue weighted by Gasteiger charge is -2.09. The number of benzene rings is 1. The number of aryl methyl sites for hydroxylation is 1. The van der Waals surface area contributed by atoms with Crippen LogP contribution in [0.5, 0.6) is 5.75 Å². The van der Waals surface area contributed by atoms with Crippen molar-refractivity contribution in [3.8, 4) is 5.75 Å². The molecule has 5 heteroatoms. The molecule has 0 radical (unpaired) electrons. The van der Waals surface area contributed by atoms with Gasteiger partial charge in [-0.2, -0.15) is 0 Å². The van der Waals surface area contributed by atoms with Gasteiger partial charge in [-0.3, -0.25) is 0 Å². The van der Waals surface area contributed by atoms with Crippen molar-refractivity contribution >= 4 is 17.4 Å². The largest absolute Gasteiger partial charge is 0.486 e. The van der Waals surface area contributed by atoms with Gasteiger partial charge in [0.1, 0.15) is 18.2 Å². The molecule has 1 heterocycles. The van der Waals surface area contributed by atoms with Crippen LogP contribution in [-0.4, -0.2) is 4.98 Å². The predicted octanol–water partition coefficient (Wildman–Crippen LogP) is 2.91. The van der Waals surface area contributed by atoms with E-state index in [9.17, 15) is 0 Å². The summed E-state index contributed by atoms with van der Waals surface area (Å²) in [6, 6.07) is 11.2. The molecule has 0 atom stereocenters. The minimum absolute atomic E-state index is 0.346. The molecule has 2 aromatic rings. The number of anilines is 1. The van der Waals surface area contributed by atoms with Crippen molar-refractivity contribution in [1.82, 2.24) is 4.98 Å². The fourth-order valence-corrected chi connectivity index (χ4v) is 1.80. The van der Waals surface area contributed by atoms with E-state index in [0.717, 1.165) is 11.3 Å². The van der Waals surface area contributed by atoms with Gasteiger partial charge in [-0.1, -0.05) is 23.7 Å². The van der Waals surface area contributed by atoms with Crippen LogP contribution in [0.2, 0.25) is 5.02 Å². The van der Waals surface area contributed by atoms with Crippen LogP contribution in [0.3, 0.4) is 0 Å². The molecular weight excluding hydrogens is 250 g/mol. The Balaban J connectivity index is 2.06. The molecule has 0 aliphatic rings. The highest BCUT2D eigenvalue weighted by Gasteiger charge is 2.03. The van der Waals surface area contributed by atoms with Crippen molar-refractivity contribution < 1.29 is 4.74 Å². The smallest absolute Gasteiger partial charge is 0.140 e. The highest BCUT2D eigenvalue weighted by Crippen LogP contribution is 2.25. The van der Waals surface area contributed by atoms with Crippen molar-refractivity contribution in [1.29, 1.82) is 0 Å². The van der Waals surface area contributed by atoms with Crippen molar-refractivity contribution in [2.75, 3.05) is 5.43 Å². The molecule has 1 aromatic carbocycles. The van der Waals surface area contributed by atoms with Gasteiger partial charge >= 0.3 is 0 Å². The predicted molar refractivity (Wildman–Crippen MR) is 72.6 cm³/mol. The van der Waals surface area contributed by atoms with Crippen molar-refractivity contribution in [2.45, 2.75) is 13.5 Å². The minimum atomic E-state index is 0.346. The zero-order valence-corrected chi connectivity index (χ0v) is 10.7. The van der Waals surface area contributed by atoms with Crippen LogP contribution in [0.1, 0.15) is 11.3 Å². The SMILES string of the molecule is Cc1ccc(OCc2cccc(NN)n2)c(Cl)c1. The third kappa shape index (κ3) is 3.12. The Labute approximate surface area is 111 Å². The molecule has 0 saturated carbocycles. The Bertz CT molecular complexity index is 546. The average Bonchev–Trinajstić information content (AvgIpc) is 2.38. The Morgan fingerprint density at radius 2 is 2.17 bits per heavy atom. The molecule has 0 aliphatic heterocycles. The van der Waals surface area contributed by atoms with Gasteiger partial charge in [0.05, 0.1) is 10.7 Å². The van der Waals surface area contributed by atoms with Gasteiger partial charge in [0.15, 0.2) is 0 Å². The van der Waals surface area contributed by atoms with Crippen LogP contribution in [0.4, 0.5) is 5.82 Å². The molecule has 4 nitrogen and oxygen atoms in total. The van der Waals surface area contributed by atoms with Crippen LogP contribution in [0.15, 0.2) is 36.4 Å². The molecule has 0 aliphatic carbocycles. The highest BCUT2D eigenvalue weighted by molar-refractivity contribution is 6.32. The van der Waals surface area contributed by atoms with E-state index in [1.54, 1.807) is 6.07 Å². The monoisotopic (exact) mass is 263 g/mol. The fourth-order valence-electron chi connectivity index (χ4n) is 1.51. The van der Waals surface area contributed by atoms with Crippen molar-refractivity contribution in [3.63, 3.8) is 0 Å². The van der Waals surface area contributed by atoms with E-state index >= 15 is 0 Å². The van der Waals surface area contributed by atoms with E-state index in [1.807, 2.05) is 37.3 Å². The Hall–Kier alpha value is -1.78. The first-order valence-electron chi connectivity index (χ1n) is 5.50. The summed E-state index contributed by atoms with van der Waals surface area (Å²) in [6.07, 6.45) is 0. The highest BCUT2D eigenvalue weighted by atomic mass is 35.5. The van der Waals surface area contributed by atoms with E-state index in [-0.39, 0.29) is 0 Å². The van der Waals surface area contributed by atoms with Gasteiger partial charge in [0, 0.05) is 0 Å². The maximum atomic E-state index is 6.08. The van der Waals surface area contributed by atoms with Crippen molar-refractivity contribution in [3.05, 3.63) is 52.7 Å². The molecule has 94 valence electrons. The van der Waals surface area contributed by atoms with Gasteiger partial charge in [0.2, 0.25) is 0 Å². The normalized spacial score (nSPS) is 10.2. The molecule has 2 rings (SSSR count). The first kappa shape index (κ1) is 12.7. The Kier molecular flexibility index (Phi) is 4.02. The number of hydrazine groups is 1. The fraction of sp³-hybridized carbons (Fsp3) is 0.154. The zero-order chi connectivity index (χ0) is 13.0. The third-order valence-corrected chi connectivity index (χ3v) is 2.71. The maximum absolute atomic E-state index is 6.08. The number of nitrogens with two attached hydrogens (primary N) is 1. The number of halogens is 1.